The lowest BCUT2D eigenvalue weighted by Gasteiger charge is -2.22. The van der Waals surface area contributed by atoms with Crippen molar-refractivity contribution in [3.8, 4) is 5.75 Å². The van der Waals surface area contributed by atoms with Gasteiger partial charge in [-0.05, 0) is 37.3 Å². The standard InChI is InChI=1S/C16H19FN2O/c1-11(13-10-12(17)8-9-16(13)20)18-14-6-4-5-7-15(14)19(2)3/h4-11,18,20H,1-3H3. The van der Waals surface area contributed by atoms with Crippen molar-refractivity contribution >= 4 is 11.4 Å². The summed E-state index contributed by atoms with van der Waals surface area (Å²) in [4.78, 5) is 2.00. The molecule has 4 heteroatoms. The van der Waals surface area contributed by atoms with Crippen LogP contribution in [0.15, 0.2) is 42.5 Å². The number of nitrogens with one attached hydrogen (secondary N) is 1. The lowest BCUT2D eigenvalue weighted by atomic mass is 10.1. The van der Waals surface area contributed by atoms with Crippen molar-refractivity contribution in [1.29, 1.82) is 0 Å². The molecule has 0 aliphatic rings. The number of anilines is 2. The van der Waals surface area contributed by atoms with Crippen molar-refractivity contribution < 1.29 is 9.50 Å². The zero-order valence-electron chi connectivity index (χ0n) is 11.9. The minimum absolute atomic E-state index is 0.0914. The number of para-hydroxylation sites is 2. The number of aromatic hydroxyl groups is 1. The third kappa shape index (κ3) is 3.02. The van der Waals surface area contributed by atoms with Crippen molar-refractivity contribution in [2.75, 3.05) is 24.3 Å². The molecule has 0 heterocycles. The van der Waals surface area contributed by atoms with Gasteiger partial charge in [0, 0.05) is 19.7 Å². The predicted octanol–water partition coefficient (Wildman–Crippen LogP) is 3.77. The quantitative estimate of drug-likeness (QED) is 0.891. The zero-order valence-corrected chi connectivity index (χ0v) is 11.9. The van der Waals surface area contributed by atoms with Crippen LogP contribution in [0.3, 0.4) is 0 Å². The van der Waals surface area contributed by atoms with Crippen LogP contribution in [-0.2, 0) is 0 Å². The second-order valence-corrected chi connectivity index (χ2v) is 4.98. The number of phenolic OH excluding ortho intramolecular Hbond substituents is 1. The van der Waals surface area contributed by atoms with Crippen LogP contribution in [0.5, 0.6) is 5.75 Å². The van der Waals surface area contributed by atoms with E-state index in [4.69, 9.17) is 0 Å². The molecule has 3 nitrogen and oxygen atoms in total. The molecule has 0 aliphatic heterocycles. The summed E-state index contributed by atoms with van der Waals surface area (Å²) in [6.07, 6.45) is 0. The van der Waals surface area contributed by atoms with Gasteiger partial charge >= 0.3 is 0 Å². The molecule has 20 heavy (non-hydrogen) atoms. The normalized spacial score (nSPS) is 12.0. The van der Waals surface area contributed by atoms with Crippen molar-refractivity contribution in [2.45, 2.75) is 13.0 Å². The number of rotatable bonds is 4. The largest absolute Gasteiger partial charge is 0.508 e. The Hall–Kier alpha value is -2.23. The van der Waals surface area contributed by atoms with E-state index in [0.717, 1.165) is 11.4 Å². The fourth-order valence-electron chi connectivity index (χ4n) is 2.17. The molecule has 0 radical (unpaired) electrons. The Morgan fingerprint density at radius 3 is 2.55 bits per heavy atom. The monoisotopic (exact) mass is 274 g/mol. The highest BCUT2D eigenvalue weighted by Crippen LogP contribution is 2.31. The van der Waals surface area contributed by atoms with Gasteiger partial charge in [0.05, 0.1) is 17.4 Å². The first-order valence-corrected chi connectivity index (χ1v) is 6.50. The fraction of sp³-hybridized carbons (Fsp3) is 0.250. The first-order valence-electron chi connectivity index (χ1n) is 6.50. The van der Waals surface area contributed by atoms with Gasteiger partial charge in [-0.15, -0.1) is 0 Å². The lowest BCUT2D eigenvalue weighted by Crippen LogP contribution is -2.14. The van der Waals surface area contributed by atoms with E-state index < -0.39 is 0 Å². The SMILES string of the molecule is CC(Nc1ccccc1N(C)C)c1cc(F)ccc1O. The molecule has 1 unspecified atom stereocenters. The summed E-state index contributed by atoms with van der Waals surface area (Å²) in [6, 6.07) is 11.6. The molecule has 1 atom stereocenters. The van der Waals surface area contributed by atoms with Crippen molar-refractivity contribution in [3.05, 3.63) is 53.8 Å². The summed E-state index contributed by atoms with van der Waals surface area (Å²) in [7, 11) is 3.93. The number of halogens is 1. The molecule has 0 aliphatic carbocycles. The summed E-state index contributed by atoms with van der Waals surface area (Å²) in [5.41, 5.74) is 2.52. The molecule has 0 fully saturated rings. The van der Waals surface area contributed by atoms with Crippen LogP contribution in [-0.4, -0.2) is 19.2 Å². The van der Waals surface area contributed by atoms with E-state index in [2.05, 4.69) is 5.32 Å². The molecule has 0 saturated heterocycles. The highest BCUT2D eigenvalue weighted by Gasteiger charge is 2.13. The van der Waals surface area contributed by atoms with Gasteiger partial charge in [-0.1, -0.05) is 12.1 Å². The van der Waals surface area contributed by atoms with E-state index in [1.54, 1.807) is 0 Å². The van der Waals surface area contributed by atoms with Gasteiger partial charge in [0.2, 0.25) is 0 Å². The van der Waals surface area contributed by atoms with Gasteiger partial charge in [0.15, 0.2) is 0 Å². The second kappa shape index (κ2) is 5.82. The Bertz CT molecular complexity index is 599. The van der Waals surface area contributed by atoms with E-state index >= 15 is 0 Å². The maximum Gasteiger partial charge on any atom is 0.123 e. The number of phenols is 1. The maximum atomic E-state index is 13.3. The maximum absolute atomic E-state index is 13.3. The molecular formula is C16H19FN2O. The molecule has 0 saturated carbocycles. The minimum atomic E-state index is -0.354. The van der Waals surface area contributed by atoms with Crippen LogP contribution in [0, 0.1) is 5.82 Å². The van der Waals surface area contributed by atoms with Crippen molar-refractivity contribution in [3.63, 3.8) is 0 Å². The average Bonchev–Trinajstić information content (AvgIpc) is 2.41. The molecule has 2 aromatic rings. The number of nitrogens with zero attached hydrogens (tertiary/aromatic N) is 1. The molecule has 2 aromatic carbocycles. The van der Waals surface area contributed by atoms with Crippen LogP contribution in [0.25, 0.3) is 0 Å². The molecule has 0 amide bonds. The highest BCUT2D eigenvalue weighted by atomic mass is 19.1. The van der Waals surface area contributed by atoms with Gasteiger partial charge in [0.1, 0.15) is 11.6 Å². The minimum Gasteiger partial charge on any atom is -0.508 e. The van der Waals surface area contributed by atoms with Gasteiger partial charge in [-0.3, -0.25) is 0 Å². The third-order valence-electron chi connectivity index (χ3n) is 3.21. The Labute approximate surface area is 118 Å². The summed E-state index contributed by atoms with van der Waals surface area (Å²) in [5, 5.41) is 13.2. The Morgan fingerprint density at radius 1 is 1.15 bits per heavy atom. The molecular weight excluding hydrogens is 255 g/mol. The summed E-state index contributed by atoms with van der Waals surface area (Å²) >= 11 is 0. The van der Waals surface area contributed by atoms with Crippen LogP contribution in [0.2, 0.25) is 0 Å². The Kier molecular flexibility index (Phi) is 4.13. The van der Waals surface area contributed by atoms with Gasteiger partial charge < -0.3 is 15.3 Å². The average molecular weight is 274 g/mol. The van der Waals surface area contributed by atoms with E-state index in [9.17, 15) is 9.50 Å². The smallest absolute Gasteiger partial charge is 0.123 e. The van der Waals surface area contributed by atoms with Crippen molar-refractivity contribution in [2.24, 2.45) is 0 Å². The van der Waals surface area contributed by atoms with E-state index in [0.29, 0.717) is 5.56 Å². The lowest BCUT2D eigenvalue weighted by molar-refractivity contribution is 0.462. The molecule has 2 rings (SSSR count). The Balaban J connectivity index is 2.28. The van der Waals surface area contributed by atoms with Crippen LogP contribution >= 0.6 is 0 Å². The molecule has 0 spiro atoms. The second-order valence-electron chi connectivity index (χ2n) is 4.98. The molecule has 106 valence electrons. The number of hydrogen-bond donors (Lipinski definition) is 2. The highest BCUT2D eigenvalue weighted by molar-refractivity contribution is 5.70. The number of benzene rings is 2. The predicted molar refractivity (Wildman–Crippen MR) is 80.9 cm³/mol. The molecule has 2 N–H and O–H groups in total. The topological polar surface area (TPSA) is 35.5 Å². The fourth-order valence-corrected chi connectivity index (χ4v) is 2.17. The number of hydrogen-bond acceptors (Lipinski definition) is 3. The first kappa shape index (κ1) is 14.2. The third-order valence-corrected chi connectivity index (χ3v) is 3.21. The van der Waals surface area contributed by atoms with E-state index in [-0.39, 0.29) is 17.6 Å². The summed E-state index contributed by atoms with van der Waals surface area (Å²) in [6.45, 7) is 1.89. The summed E-state index contributed by atoms with van der Waals surface area (Å²) < 4.78 is 13.3. The Morgan fingerprint density at radius 2 is 1.85 bits per heavy atom. The molecule has 0 aromatic heterocycles. The van der Waals surface area contributed by atoms with Gasteiger partial charge in [-0.25, -0.2) is 4.39 Å². The van der Waals surface area contributed by atoms with Gasteiger partial charge in [0.25, 0.3) is 0 Å². The molecule has 0 bridgehead atoms. The summed E-state index contributed by atoms with van der Waals surface area (Å²) in [5.74, 6) is -0.263. The van der Waals surface area contributed by atoms with E-state index in [1.165, 1.54) is 18.2 Å². The van der Waals surface area contributed by atoms with Gasteiger partial charge in [-0.2, -0.15) is 0 Å². The van der Waals surface area contributed by atoms with Crippen LogP contribution in [0.4, 0.5) is 15.8 Å². The first-order chi connectivity index (χ1) is 9.49. The zero-order chi connectivity index (χ0) is 14.7. The van der Waals surface area contributed by atoms with Crippen molar-refractivity contribution in [1.82, 2.24) is 0 Å². The van der Waals surface area contributed by atoms with Crippen LogP contribution in [0.1, 0.15) is 18.5 Å². The van der Waals surface area contributed by atoms with E-state index in [1.807, 2.05) is 50.2 Å². The van der Waals surface area contributed by atoms with Crippen LogP contribution < -0.4 is 10.2 Å².